The average molecular weight is 600 g/mol. The minimum absolute atomic E-state index is 0.143. The topological polar surface area (TPSA) is 116 Å². The number of benzene rings is 2. The first-order valence-corrected chi connectivity index (χ1v) is 13.2. The van der Waals surface area contributed by atoms with Crippen molar-refractivity contribution in [1.82, 2.24) is 10.3 Å². The van der Waals surface area contributed by atoms with E-state index in [9.17, 15) is 27.6 Å². The second-order valence-corrected chi connectivity index (χ2v) is 9.93. The Bertz CT molecular complexity index is 1490. The zero-order valence-corrected chi connectivity index (χ0v) is 22.8. The first-order valence-electron chi connectivity index (χ1n) is 12.8. The molecule has 2 aliphatic rings. The van der Waals surface area contributed by atoms with E-state index in [0.717, 1.165) is 17.4 Å². The molecule has 5 rings (SSSR count). The Morgan fingerprint density at radius 1 is 1.21 bits per heavy atom. The Kier molecular flexibility index (Phi) is 9.64. The maximum absolute atomic E-state index is 13.6. The second kappa shape index (κ2) is 13.4. The minimum Gasteiger partial charge on any atom is -0.449 e. The predicted molar refractivity (Wildman–Crippen MR) is 148 cm³/mol. The number of aromatic nitrogens is 1. The molecule has 0 spiro atoms. The van der Waals surface area contributed by atoms with Crippen molar-refractivity contribution in [2.45, 2.75) is 37.3 Å². The van der Waals surface area contributed by atoms with Crippen LogP contribution >= 0.6 is 11.6 Å². The standard InChI is InChI=1S/C19H16ClF3N2O2.C10H9N3O2/c20-16-7-2-1-6-15(16)17(18(27)24-13-9-19(22,23)10-13)25(11-26)14-5-3-4-12(21)8-14;11-7-8-2-3-12-9(6-8)13-4-1-5-15-10(13)14/h1-8,11,13,17H,9-10H2,(H,24,27);2-3,6H,1,4-5H2. The zero-order valence-electron chi connectivity index (χ0n) is 22.1. The van der Waals surface area contributed by atoms with Crippen molar-refractivity contribution in [3.05, 3.63) is 88.8 Å². The van der Waals surface area contributed by atoms with Gasteiger partial charge in [-0.25, -0.2) is 22.9 Å². The van der Waals surface area contributed by atoms with E-state index in [1.54, 1.807) is 36.4 Å². The molecule has 1 atom stereocenters. The number of alkyl halides is 2. The van der Waals surface area contributed by atoms with Gasteiger partial charge < -0.3 is 10.1 Å². The Hall–Kier alpha value is -4.63. The quantitative estimate of drug-likeness (QED) is 0.364. The van der Waals surface area contributed by atoms with E-state index in [1.807, 2.05) is 6.07 Å². The molecular weight excluding hydrogens is 575 g/mol. The molecule has 2 heterocycles. The van der Waals surface area contributed by atoms with Crippen LogP contribution in [0.5, 0.6) is 0 Å². The highest BCUT2D eigenvalue weighted by Crippen LogP contribution is 2.38. The summed E-state index contributed by atoms with van der Waals surface area (Å²) in [4.78, 5) is 42.5. The lowest BCUT2D eigenvalue weighted by atomic mass is 9.87. The van der Waals surface area contributed by atoms with Gasteiger partial charge in [0.05, 0.1) is 18.2 Å². The first-order chi connectivity index (χ1) is 20.1. The summed E-state index contributed by atoms with van der Waals surface area (Å²) < 4.78 is 44.7. The Morgan fingerprint density at radius 2 is 1.98 bits per heavy atom. The van der Waals surface area contributed by atoms with Gasteiger partial charge in [-0.3, -0.25) is 19.4 Å². The highest BCUT2D eigenvalue weighted by atomic mass is 35.5. The highest BCUT2D eigenvalue weighted by Gasteiger charge is 2.47. The molecule has 1 aliphatic carbocycles. The van der Waals surface area contributed by atoms with Crippen molar-refractivity contribution in [2.24, 2.45) is 0 Å². The molecule has 1 saturated carbocycles. The van der Waals surface area contributed by atoms with Crippen LogP contribution in [0.1, 0.15) is 36.4 Å². The van der Waals surface area contributed by atoms with E-state index >= 15 is 0 Å². The van der Waals surface area contributed by atoms with Crippen LogP contribution in [-0.4, -0.2) is 48.5 Å². The summed E-state index contributed by atoms with van der Waals surface area (Å²) in [5, 5.41) is 11.5. The number of cyclic esters (lactones) is 1. The van der Waals surface area contributed by atoms with Crippen LogP contribution in [0, 0.1) is 17.1 Å². The number of hydrogen-bond donors (Lipinski definition) is 1. The summed E-state index contributed by atoms with van der Waals surface area (Å²) in [6, 6.07) is 14.8. The van der Waals surface area contributed by atoms with Crippen molar-refractivity contribution < 1.29 is 32.3 Å². The van der Waals surface area contributed by atoms with Gasteiger partial charge in [0, 0.05) is 47.9 Å². The fourth-order valence-electron chi connectivity index (χ4n) is 4.46. The number of nitriles is 1. The Morgan fingerprint density at radius 3 is 2.62 bits per heavy atom. The van der Waals surface area contributed by atoms with Gasteiger partial charge >= 0.3 is 6.09 Å². The molecule has 9 nitrogen and oxygen atoms in total. The summed E-state index contributed by atoms with van der Waals surface area (Å²) in [5.41, 5.74) is 0.932. The smallest absolute Gasteiger partial charge is 0.415 e. The van der Waals surface area contributed by atoms with E-state index in [0.29, 0.717) is 36.5 Å². The molecule has 218 valence electrons. The van der Waals surface area contributed by atoms with Crippen molar-refractivity contribution in [3.63, 3.8) is 0 Å². The van der Waals surface area contributed by atoms with Gasteiger partial charge in [0.25, 0.3) is 5.92 Å². The minimum atomic E-state index is -2.80. The molecule has 1 N–H and O–H groups in total. The number of amides is 3. The van der Waals surface area contributed by atoms with Crippen LogP contribution in [0.3, 0.4) is 0 Å². The summed E-state index contributed by atoms with van der Waals surface area (Å²) in [7, 11) is 0. The van der Waals surface area contributed by atoms with E-state index in [-0.39, 0.29) is 10.7 Å². The van der Waals surface area contributed by atoms with Crippen LogP contribution in [0.4, 0.5) is 29.5 Å². The molecule has 0 radical (unpaired) electrons. The van der Waals surface area contributed by atoms with Crippen molar-refractivity contribution in [2.75, 3.05) is 23.0 Å². The average Bonchev–Trinajstić information content (AvgIpc) is 2.96. The molecule has 1 unspecified atom stereocenters. The first kappa shape index (κ1) is 30.3. The van der Waals surface area contributed by atoms with Gasteiger partial charge in [-0.15, -0.1) is 0 Å². The number of hydrogen-bond acceptors (Lipinski definition) is 6. The van der Waals surface area contributed by atoms with Gasteiger partial charge in [0.2, 0.25) is 12.3 Å². The monoisotopic (exact) mass is 599 g/mol. The summed E-state index contributed by atoms with van der Waals surface area (Å²) in [6.07, 6.45) is 1.35. The van der Waals surface area contributed by atoms with Gasteiger partial charge in [0.1, 0.15) is 17.7 Å². The van der Waals surface area contributed by atoms with Crippen LogP contribution in [0.25, 0.3) is 0 Å². The summed E-state index contributed by atoms with van der Waals surface area (Å²) >= 11 is 6.20. The second-order valence-electron chi connectivity index (χ2n) is 9.52. The van der Waals surface area contributed by atoms with E-state index in [1.165, 1.54) is 29.3 Å². The molecule has 1 aliphatic heterocycles. The predicted octanol–water partition coefficient (Wildman–Crippen LogP) is 5.40. The fraction of sp³-hybridized carbons (Fsp3) is 0.276. The number of pyridine rings is 1. The van der Waals surface area contributed by atoms with Crippen LogP contribution in [0.2, 0.25) is 5.02 Å². The number of halogens is 4. The maximum atomic E-state index is 13.6. The van der Waals surface area contributed by atoms with Gasteiger partial charge in [-0.2, -0.15) is 5.26 Å². The van der Waals surface area contributed by atoms with E-state index in [2.05, 4.69) is 10.3 Å². The molecule has 42 heavy (non-hydrogen) atoms. The van der Waals surface area contributed by atoms with Gasteiger partial charge in [-0.05, 0) is 42.8 Å². The third-order valence-corrected chi connectivity index (χ3v) is 6.85. The molecule has 13 heteroatoms. The summed E-state index contributed by atoms with van der Waals surface area (Å²) in [5.74, 6) is -3.58. The number of anilines is 2. The molecule has 2 aromatic carbocycles. The lowest BCUT2D eigenvalue weighted by molar-refractivity contribution is -0.131. The van der Waals surface area contributed by atoms with Crippen molar-refractivity contribution in [1.29, 1.82) is 5.26 Å². The highest BCUT2D eigenvalue weighted by molar-refractivity contribution is 6.31. The van der Waals surface area contributed by atoms with Crippen molar-refractivity contribution in [3.8, 4) is 6.07 Å². The third kappa shape index (κ3) is 7.36. The SMILES string of the molecule is N#Cc1ccnc(N2CCCOC2=O)c1.O=CN(c1cccc(F)c1)C(C(=O)NC1CC(F)(F)C1)c1ccccc1Cl. The van der Waals surface area contributed by atoms with E-state index in [4.69, 9.17) is 21.6 Å². The molecule has 1 saturated heterocycles. The Balaban J connectivity index is 0.000000227. The van der Waals surface area contributed by atoms with Crippen LogP contribution in [0.15, 0.2) is 66.9 Å². The number of ether oxygens (including phenoxy) is 1. The molecule has 1 aromatic heterocycles. The zero-order chi connectivity index (χ0) is 30.3. The van der Waals surface area contributed by atoms with Crippen LogP contribution < -0.4 is 15.1 Å². The fourth-order valence-corrected chi connectivity index (χ4v) is 4.70. The third-order valence-electron chi connectivity index (χ3n) is 6.51. The van der Waals surface area contributed by atoms with Gasteiger partial charge in [-0.1, -0.05) is 35.9 Å². The van der Waals surface area contributed by atoms with E-state index < -0.39 is 48.7 Å². The molecule has 0 bridgehead atoms. The van der Waals surface area contributed by atoms with Crippen molar-refractivity contribution >= 4 is 41.5 Å². The molecule has 2 fully saturated rings. The number of rotatable bonds is 7. The Labute approximate surface area is 244 Å². The van der Waals surface area contributed by atoms with Crippen LogP contribution in [-0.2, 0) is 14.3 Å². The number of nitrogens with zero attached hydrogens (tertiary/aromatic N) is 4. The number of nitrogens with one attached hydrogen (secondary N) is 1. The largest absolute Gasteiger partial charge is 0.449 e. The summed E-state index contributed by atoms with van der Waals surface area (Å²) in [6.45, 7) is 1.04. The lowest BCUT2D eigenvalue weighted by Crippen LogP contribution is -2.53. The number of carbonyl (C=O) groups excluding carboxylic acids is 3. The maximum Gasteiger partial charge on any atom is 0.415 e. The molecule has 3 aromatic rings. The normalized spacial score (nSPS) is 16.5. The molecular formula is C29H25ClF3N5O4. The number of carbonyl (C=O) groups is 3. The van der Waals surface area contributed by atoms with Gasteiger partial charge in [0.15, 0.2) is 0 Å². The lowest BCUT2D eigenvalue weighted by Gasteiger charge is -2.37. The molecule has 3 amide bonds.